The van der Waals surface area contributed by atoms with Gasteiger partial charge in [0, 0.05) is 23.7 Å². The van der Waals surface area contributed by atoms with Crippen LogP contribution in [0.5, 0.6) is 0 Å². The number of aromatic nitrogens is 2. The van der Waals surface area contributed by atoms with Crippen LogP contribution in [0.25, 0.3) is 11.3 Å². The van der Waals surface area contributed by atoms with E-state index in [2.05, 4.69) is 22.2 Å². The van der Waals surface area contributed by atoms with E-state index in [1.54, 1.807) is 4.68 Å². The topological polar surface area (TPSA) is 50.2 Å². The molecule has 0 aliphatic carbocycles. The predicted octanol–water partition coefficient (Wildman–Crippen LogP) is 3.41. The molecule has 1 saturated heterocycles. The quantitative estimate of drug-likeness (QED) is 0.923. The van der Waals surface area contributed by atoms with Gasteiger partial charge < -0.3 is 5.32 Å². The Kier molecular flexibility index (Phi) is 5.21. The maximum absolute atomic E-state index is 12.3. The molecule has 0 spiro atoms. The summed E-state index contributed by atoms with van der Waals surface area (Å²) in [5, 5.41) is 8.12. The lowest BCUT2D eigenvalue weighted by molar-refractivity contribution is -0.117. The fraction of sp³-hybridized carbons (Fsp3) is 0.444. The molecule has 1 aliphatic rings. The molecule has 0 radical (unpaired) electrons. The highest BCUT2D eigenvalue weighted by Crippen LogP contribution is 2.23. The zero-order chi connectivity index (χ0) is 17.1. The fourth-order valence-corrected chi connectivity index (χ4v) is 3.08. The number of nitrogens with one attached hydrogen (secondary N) is 1. The Hall–Kier alpha value is -1.85. The summed E-state index contributed by atoms with van der Waals surface area (Å²) in [5.41, 5.74) is 1.79. The highest BCUT2D eigenvalue weighted by Gasteiger charge is 2.18. The number of hydrogen-bond donors (Lipinski definition) is 1. The normalized spacial score (nSPS) is 16.3. The van der Waals surface area contributed by atoms with Crippen LogP contribution >= 0.6 is 11.6 Å². The number of nitrogens with zero attached hydrogens (tertiary/aromatic N) is 3. The molecule has 1 fully saturated rings. The van der Waals surface area contributed by atoms with Crippen molar-refractivity contribution in [2.45, 2.75) is 19.8 Å². The highest BCUT2D eigenvalue weighted by atomic mass is 35.5. The van der Waals surface area contributed by atoms with Gasteiger partial charge >= 0.3 is 0 Å². The van der Waals surface area contributed by atoms with Gasteiger partial charge in [-0.1, -0.05) is 30.7 Å². The van der Waals surface area contributed by atoms with Crippen molar-refractivity contribution in [1.82, 2.24) is 14.7 Å². The number of amides is 1. The molecule has 0 unspecified atom stereocenters. The van der Waals surface area contributed by atoms with Crippen LogP contribution in [0.15, 0.2) is 30.3 Å². The molecule has 0 saturated carbocycles. The van der Waals surface area contributed by atoms with Gasteiger partial charge in [-0.25, -0.2) is 0 Å². The zero-order valence-corrected chi connectivity index (χ0v) is 14.9. The Bertz CT molecular complexity index is 702. The summed E-state index contributed by atoms with van der Waals surface area (Å²) in [6.07, 6.45) is 2.33. The molecule has 6 heteroatoms. The number of benzene rings is 1. The van der Waals surface area contributed by atoms with Crippen molar-refractivity contribution in [2.75, 3.05) is 25.0 Å². The average Bonchev–Trinajstić information content (AvgIpc) is 2.91. The van der Waals surface area contributed by atoms with E-state index in [0.29, 0.717) is 17.4 Å². The van der Waals surface area contributed by atoms with Crippen molar-refractivity contribution in [3.63, 3.8) is 0 Å². The second-order valence-corrected chi connectivity index (χ2v) is 6.99. The first-order valence-corrected chi connectivity index (χ1v) is 8.71. The largest absolute Gasteiger partial charge is 0.310 e. The van der Waals surface area contributed by atoms with Crippen LogP contribution in [0.2, 0.25) is 5.02 Å². The van der Waals surface area contributed by atoms with Gasteiger partial charge in [0.25, 0.3) is 0 Å². The molecule has 5 nitrogen and oxygen atoms in total. The van der Waals surface area contributed by atoms with Gasteiger partial charge in [-0.3, -0.25) is 14.4 Å². The number of hydrogen-bond acceptors (Lipinski definition) is 3. The van der Waals surface area contributed by atoms with E-state index >= 15 is 0 Å². The minimum absolute atomic E-state index is 0.00945. The number of rotatable bonds is 4. The first kappa shape index (κ1) is 17.0. The molecule has 2 aromatic rings. The van der Waals surface area contributed by atoms with E-state index in [9.17, 15) is 4.79 Å². The number of halogens is 1. The van der Waals surface area contributed by atoms with Crippen LogP contribution in [-0.2, 0) is 11.8 Å². The third kappa shape index (κ3) is 4.16. The molecule has 1 aliphatic heterocycles. The lowest BCUT2D eigenvalue weighted by Gasteiger charge is -2.29. The van der Waals surface area contributed by atoms with E-state index < -0.39 is 0 Å². The van der Waals surface area contributed by atoms with Gasteiger partial charge in [0.2, 0.25) is 5.91 Å². The van der Waals surface area contributed by atoms with E-state index in [1.165, 1.54) is 12.8 Å². The van der Waals surface area contributed by atoms with Crippen LogP contribution in [-0.4, -0.2) is 40.2 Å². The molecular formula is C18H23ClN4O. The highest BCUT2D eigenvalue weighted by molar-refractivity contribution is 6.30. The smallest absolute Gasteiger partial charge is 0.239 e. The minimum atomic E-state index is 0.00945. The molecule has 0 atom stereocenters. The van der Waals surface area contributed by atoms with Crippen LogP contribution < -0.4 is 5.32 Å². The van der Waals surface area contributed by atoms with E-state index in [4.69, 9.17) is 11.6 Å². The summed E-state index contributed by atoms with van der Waals surface area (Å²) in [6, 6.07) is 9.40. The molecule has 2 heterocycles. The molecule has 1 amide bonds. The van der Waals surface area contributed by atoms with Crippen LogP contribution in [0.4, 0.5) is 5.82 Å². The molecule has 3 rings (SSSR count). The standard InChI is InChI=1S/C18H23ClN4O/c1-13-7-9-23(10-8-13)12-18(24)20-17-11-16(21-22(17)2)14-3-5-15(19)6-4-14/h3-6,11,13H,7-10,12H2,1-2H3,(H,20,24). The van der Waals surface area contributed by atoms with Crippen LogP contribution in [0, 0.1) is 5.92 Å². The number of piperidine rings is 1. The number of likely N-dealkylation sites (tertiary alicyclic amines) is 1. The third-order valence-corrected chi connectivity index (χ3v) is 4.78. The molecule has 1 aromatic heterocycles. The Labute approximate surface area is 147 Å². The van der Waals surface area contributed by atoms with Crippen molar-refractivity contribution < 1.29 is 4.79 Å². The third-order valence-electron chi connectivity index (χ3n) is 4.53. The Morgan fingerprint density at radius 3 is 2.62 bits per heavy atom. The summed E-state index contributed by atoms with van der Waals surface area (Å²) < 4.78 is 1.69. The van der Waals surface area contributed by atoms with Crippen LogP contribution in [0.3, 0.4) is 0 Å². The molecular weight excluding hydrogens is 324 g/mol. The monoisotopic (exact) mass is 346 g/mol. The Balaban J connectivity index is 1.63. The fourth-order valence-electron chi connectivity index (χ4n) is 2.95. The average molecular weight is 347 g/mol. The Morgan fingerprint density at radius 1 is 1.29 bits per heavy atom. The van der Waals surface area contributed by atoms with E-state index in [-0.39, 0.29) is 5.91 Å². The number of anilines is 1. The molecule has 1 N–H and O–H groups in total. The van der Waals surface area contributed by atoms with Crippen LogP contribution in [0.1, 0.15) is 19.8 Å². The predicted molar refractivity (Wildman–Crippen MR) is 97.1 cm³/mol. The minimum Gasteiger partial charge on any atom is -0.310 e. The summed E-state index contributed by atoms with van der Waals surface area (Å²) >= 11 is 5.92. The summed E-state index contributed by atoms with van der Waals surface area (Å²) in [6.45, 7) is 4.70. The zero-order valence-electron chi connectivity index (χ0n) is 14.1. The van der Waals surface area contributed by atoms with Gasteiger partial charge in [-0.05, 0) is 44.0 Å². The first-order valence-electron chi connectivity index (χ1n) is 8.33. The number of aryl methyl sites for hydroxylation is 1. The maximum Gasteiger partial charge on any atom is 0.239 e. The first-order chi connectivity index (χ1) is 11.5. The number of carbonyl (C=O) groups is 1. The van der Waals surface area contributed by atoms with Crippen molar-refractivity contribution >= 4 is 23.3 Å². The van der Waals surface area contributed by atoms with Crippen molar-refractivity contribution in [2.24, 2.45) is 13.0 Å². The van der Waals surface area contributed by atoms with Gasteiger partial charge in [0.15, 0.2) is 0 Å². The molecule has 0 bridgehead atoms. The number of carbonyl (C=O) groups excluding carboxylic acids is 1. The van der Waals surface area contributed by atoms with Crippen molar-refractivity contribution in [3.05, 3.63) is 35.4 Å². The van der Waals surface area contributed by atoms with Gasteiger partial charge in [0.1, 0.15) is 5.82 Å². The van der Waals surface area contributed by atoms with E-state index in [1.807, 2.05) is 37.4 Å². The van der Waals surface area contributed by atoms with E-state index in [0.717, 1.165) is 30.3 Å². The summed E-state index contributed by atoms with van der Waals surface area (Å²) in [4.78, 5) is 14.5. The second kappa shape index (κ2) is 7.36. The molecule has 24 heavy (non-hydrogen) atoms. The Morgan fingerprint density at radius 2 is 1.96 bits per heavy atom. The molecule has 128 valence electrons. The van der Waals surface area contributed by atoms with Gasteiger partial charge in [-0.15, -0.1) is 0 Å². The van der Waals surface area contributed by atoms with Crippen molar-refractivity contribution in [1.29, 1.82) is 0 Å². The summed E-state index contributed by atoms with van der Waals surface area (Å²) in [5.74, 6) is 1.48. The van der Waals surface area contributed by atoms with Crippen molar-refractivity contribution in [3.8, 4) is 11.3 Å². The van der Waals surface area contributed by atoms with Gasteiger partial charge in [0.05, 0.1) is 12.2 Å². The SMILES string of the molecule is CC1CCN(CC(=O)Nc2cc(-c3ccc(Cl)cc3)nn2C)CC1. The molecule has 1 aromatic carbocycles. The lowest BCUT2D eigenvalue weighted by Crippen LogP contribution is -2.38. The van der Waals surface area contributed by atoms with Gasteiger partial charge in [-0.2, -0.15) is 5.10 Å². The summed E-state index contributed by atoms with van der Waals surface area (Å²) in [7, 11) is 1.83. The lowest BCUT2D eigenvalue weighted by atomic mass is 9.99. The maximum atomic E-state index is 12.3. The second-order valence-electron chi connectivity index (χ2n) is 6.55.